The van der Waals surface area contributed by atoms with E-state index in [1.807, 2.05) is 0 Å². The largest absolute Gasteiger partial charge is 0.433 e. The lowest BCUT2D eigenvalue weighted by Gasteiger charge is -2.14. The molecule has 0 bridgehead atoms. The summed E-state index contributed by atoms with van der Waals surface area (Å²) in [4.78, 5) is 27.7. The summed E-state index contributed by atoms with van der Waals surface area (Å²) in [5, 5.41) is 10.8. The Morgan fingerprint density at radius 1 is 1.61 bits per heavy atom. The van der Waals surface area contributed by atoms with Crippen molar-refractivity contribution < 1.29 is 19.5 Å². The second kappa shape index (κ2) is 5.32. The van der Waals surface area contributed by atoms with Crippen molar-refractivity contribution in [3.05, 3.63) is 30.1 Å². The maximum absolute atomic E-state index is 11.6. The van der Waals surface area contributed by atoms with Crippen molar-refractivity contribution in [3.8, 4) is 0 Å². The molecule has 0 saturated carbocycles. The van der Waals surface area contributed by atoms with Gasteiger partial charge in [0.25, 0.3) is 0 Å². The van der Waals surface area contributed by atoms with Crippen LogP contribution in [0.15, 0.2) is 24.5 Å². The summed E-state index contributed by atoms with van der Waals surface area (Å²) in [6.07, 6.45) is 1.49. The summed E-state index contributed by atoms with van der Waals surface area (Å²) in [6.45, 7) is 0.615. The van der Waals surface area contributed by atoms with Gasteiger partial charge in [-0.25, -0.2) is 15.1 Å². The molecule has 8 nitrogen and oxygen atoms in total. The average Bonchev–Trinajstić information content (AvgIpc) is 2.71. The van der Waals surface area contributed by atoms with Crippen LogP contribution in [0.2, 0.25) is 0 Å². The van der Waals surface area contributed by atoms with E-state index in [1.54, 1.807) is 24.5 Å². The lowest BCUT2D eigenvalue weighted by molar-refractivity contribution is 0.0524. The molecule has 8 heteroatoms. The number of aromatic nitrogens is 1. The quantitative estimate of drug-likeness (QED) is 0.521. The van der Waals surface area contributed by atoms with Crippen LogP contribution in [0.4, 0.5) is 9.59 Å². The topological polar surface area (TPSA) is 104 Å². The van der Waals surface area contributed by atoms with Gasteiger partial charge in [0.1, 0.15) is 0 Å². The minimum Gasteiger partial charge on any atom is -0.422 e. The Labute approximate surface area is 103 Å². The van der Waals surface area contributed by atoms with Crippen molar-refractivity contribution in [3.63, 3.8) is 0 Å². The van der Waals surface area contributed by atoms with E-state index < -0.39 is 12.3 Å². The molecule has 96 valence electrons. The number of hydrogen-bond acceptors (Lipinski definition) is 5. The molecule has 1 aliphatic rings. The van der Waals surface area contributed by atoms with E-state index in [9.17, 15) is 9.59 Å². The fraction of sp³-hybridized carbons (Fsp3) is 0.300. The van der Waals surface area contributed by atoms with Crippen molar-refractivity contribution in [2.75, 3.05) is 6.54 Å². The van der Waals surface area contributed by atoms with Crippen LogP contribution in [0.5, 0.6) is 0 Å². The molecule has 0 unspecified atom stereocenters. The van der Waals surface area contributed by atoms with Crippen LogP contribution in [0.1, 0.15) is 5.56 Å². The first-order valence-corrected chi connectivity index (χ1v) is 5.24. The van der Waals surface area contributed by atoms with Crippen molar-refractivity contribution >= 4 is 12.1 Å². The number of nitrogens with one attached hydrogen (secondary N) is 2. The molecule has 1 atom stereocenters. The third kappa shape index (κ3) is 2.86. The van der Waals surface area contributed by atoms with Gasteiger partial charge in [-0.1, -0.05) is 0 Å². The first kappa shape index (κ1) is 12.1. The van der Waals surface area contributed by atoms with Gasteiger partial charge in [0.2, 0.25) is 0 Å². The molecule has 0 aromatic carbocycles. The summed E-state index contributed by atoms with van der Waals surface area (Å²) >= 11 is 0. The summed E-state index contributed by atoms with van der Waals surface area (Å²) in [6, 6.07) is 3.26. The molecule has 0 spiro atoms. The second-order valence-electron chi connectivity index (χ2n) is 3.69. The van der Waals surface area contributed by atoms with Crippen LogP contribution in [0.25, 0.3) is 0 Å². The maximum atomic E-state index is 11.6. The van der Waals surface area contributed by atoms with Gasteiger partial charge in [0, 0.05) is 18.9 Å². The highest BCUT2D eigenvalue weighted by atomic mass is 16.6. The molecule has 0 aliphatic carbocycles. The predicted octanol–water partition coefficient (Wildman–Crippen LogP) is 0.0483. The van der Waals surface area contributed by atoms with Gasteiger partial charge in [0.05, 0.1) is 6.54 Å². The maximum Gasteiger partial charge on any atom is 0.433 e. The molecule has 3 N–H and O–H groups in total. The van der Waals surface area contributed by atoms with Crippen LogP contribution in [0.3, 0.4) is 0 Å². The average molecular weight is 252 g/mol. The number of urea groups is 1. The minimum absolute atomic E-state index is 0.217. The summed E-state index contributed by atoms with van der Waals surface area (Å²) in [5.41, 5.74) is 2.26. The number of amides is 3. The highest BCUT2D eigenvalue weighted by molar-refractivity contribution is 5.77. The fourth-order valence-electron chi connectivity index (χ4n) is 1.62. The Balaban J connectivity index is 1.91. The SMILES string of the molecule is O=C(NO)O[C@@H]1CN(Cc2ccncc2)C(=O)N1. The monoisotopic (exact) mass is 252 g/mol. The van der Waals surface area contributed by atoms with Crippen LogP contribution in [-0.2, 0) is 11.3 Å². The third-order valence-electron chi connectivity index (χ3n) is 2.42. The van der Waals surface area contributed by atoms with Gasteiger partial charge in [-0.3, -0.25) is 10.2 Å². The minimum atomic E-state index is -1.01. The Morgan fingerprint density at radius 2 is 2.33 bits per heavy atom. The number of hydroxylamine groups is 1. The molecule has 2 rings (SSSR count). The number of hydrogen-bond donors (Lipinski definition) is 3. The number of nitrogens with zero attached hydrogens (tertiary/aromatic N) is 2. The normalized spacial score (nSPS) is 18.4. The van der Waals surface area contributed by atoms with E-state index >= 15 is 0 Å². The molecule has 3 amide bonds. The zero-order valence-electron chi connectivity index (χ0n) is 9.37. The number of carbonyl (C=O) groups excluding carboxylic acids is 2. The van der Waals surface area contributed by atoms with Gasteiger partial charge < -0.3 is 15.0 Å². The van der Waals surface area contributed by atoms with Crippen molar-refractivity contribution in [2.45, 2.75) is 12.8 Å². The van der Waals surface area contributed by atoms with Crippen molar-refractivity contribution in [1.82, 2.24) is 20.7 Å². The van der Waals surface area contributed by atoms with E-state index in [1.165, 1.54) is 10.4 Å². The van der Waals surface area contributed by atoms with Crippen molar-refractivity contribution in [2.24, 2.45) is 0 Å². The summed E-state index contributed by atoms with van der Waals surface area (Å²) in [5.74, 6) is 0. The van der Waals surface area contributed by atoms with Crippen LogP contribution < -0.4 is 10.8 Å². The zero-order valence-corrected chi connectivity index (χ0v) is 9.37. The second-order valence-corrected chi connectivity index (χ2v) is 3.69. The molecule has 1 aromatic rings. The molecular weight excluding hydrogens is 240 g/mol. The number of ether oxygens (including phenoxy) is 1. The van der Waals surface area contributed by atoms with Gasteiger partial charge >= 0.3 is 12.1 Å². The molecule has 2 heterocycles. The van der Waals surface area contributed by atoms with Crippen LogP contribution in [0, 0.1) is 0 Å². The zero-order chi connectivity index (χ0) is 13.0. The fourth-order valence-corrected chi connectivity index (χ4v) is 1.62. The number of rotatable bonds is 3. The molecule has 1 aromatic heterocycles. The number of carbonyl (C=O) groups is 2. The van der Waals surface area contributed by atoms with E-state index in [2.05, 4.69) is 10.3 Å². The van der Waals surface area contributed by atoms with Crippen LogP contribution >= 0.6 is 0 Å². The lowest BCUT2D eigenvalue weighted by Crippen LogP contribution is -2.34. The van der Waals surface area contributed by atoms with Crippen LogP contribution in [-0.4, -0.2) is 40.0 Å². The Morgan fingerprint density at radius 3 is 3.00 bits per heavy atom. The summed E-state index contributed by atoms with van der Waals surface area (Å²) in [7, 11) is 0. The lowest BCUT2D eigenvalue weighted by atomic mass is 10.2. The molecule has 18 heavy (non-hydrogen) atoms. The highest BCUT2D eigenvalue weighted by Gasteiger charge is 2.31. The van der Waals surface area contributed by atoms with E-state index in [4.69, 9.17) is 9.94 Å². The van der Waals surface area contributed by atoms with Gasteiger partial charge in [-0.15, -0.1) is 0 Å². The number of pyridine rings is 1. The molecule has 1 aliphatic heterocycles. The van der Waals surface area contributed by atoms with Gasteiger partial charge in [0.15, 0.2) is 6.23 Å². The third-order valence-corrected chi connectivity index (χ3v) is 2.42. The Bertz CT molecular complexity index is 439. The van der Waals surface area contributed by atoms with E-state index in [-0.39, 0.29) is 12.6 Å². The molecule has 0 radical (unpaired) electrons. The first-order valence-electron chi connectivity index (χ1n) is 5.24. The first-order chi connectivity index (χ1) is 8.69. The van der Waals surface area contributed by atoms with Crippen molar-refractivity contribution in [1.29, 1.82) is 0 Å². The molecule has 1 fully saturated rings. The van der Waals surface area contributed by atoms with E-state index in [0.717, 1.165) is 5.56 Å². The van der Waals surface area contributed by atoms with Gasteiger partial charge in [-0.2, -0.15) is 0 Å². The predicted molar refractivity (Wildman–Crippen MR) is 58.4 cm³/mol. The summed E-state index contributed by atoms with van der Waals surface area (Å²) < 4.78 is 4.71. The van der Waals surface area contributed by atoms with Gasteiger partial charge in [-0.05, 0) is 17.7 Å². The molecular formula is C10H12N4O4. The Hall–Kier alpha value is -2.35. The Kier molecular flexibility index (Phi) is 3.58. The highest BCUT2D eigenvalue weighted by Crippen LogP contribution is 2.10. The smallest absolute Gasteiger partial charge is 0.422 e. The van der Waals surface area contributed by atoms with E-state index in [0.29, 0.717) is 6.54 Å². The standard InChI is InChI=1S/C10H12N4O4/c15-9-12-8(18-10(16)13-17)6-14(9)5-7-1-3-11-4-2-7/h1-4,8,17H,5-6H2,(H,12,15)(H,13,16)/t8-/m1/s1. The molecule has 1 saturated heterocycles.